The van der Waals surface area contributed by atoms with Crippen LogP contribution >= 0.6 is 11.8 Å². The fraction of sp³-hybridized carbons (Fsp3) is 0.200. The molecule has 3 aromatic rings. The normalized spacial score (nSPS) is 13.1. The molecule has 2 heterocycles. The van der Waals surface area contributed by atoms with Gasteiger partial charge in [0.2, 0.25) is 0 Å². The van der Waals surface area contributed by atoms with Gasteiger partial charge in [-0.2, -0.15) is 0 Å². The standard InChI is InChI=1S/C25H28N8OS/c1-16-6-3-4-7-20(16)24(34)28-18-8-10-19(11-9-18)35-25-30-22(29-21(26)14-17(2)32-27)15-23(31-25)33-12-5-13-33/h3-4,6-11,14-15,32H,5,12-13,27H2,1-2H3,(H,28,34)(H2,26,29,30,31)/b17-14-. The van der Waals surface area contributed by atoms with E-state index >= 15 is 0 Å². The number of allylic oxidation sites excluding steroid dienone is 1. The average molecular weight is 489 g/mol. The number of rotatable bonds is 8. The molecule has 10 heteroatoms. The van der Waals surface area contributed by atoms with E-state index in [0.29, 0.717) is 27.9 Å². The van der Waals surface area contributed by atoms with Gasteiger partial charge in [-0.05, 0) is 67.9 Å². The van der Waals surface area contributed by atoms with E-state index in [9.17, 15) is 4.79 Å². The third-order valence-corrected chi connectivity index (χ3v) is 6.31. The van der Waals surface area contributed by atoms with E-state index in [2.05, 4.69) is 25.9 Å². The SMILES string of the molecule is C/C(=C/C(=N)Nc1cc(N2CCC2)nc(Sc2ccc(NC(=O)c3ccccc3C)cc2)n1)NN. The van der Waals surface area contributed by atoms with Crippen LogP contribution in [0.3, 0.4) is 0 Å². The van der Waals surface area contributed by atoms with Crippen molar-refractivity contribution in [2.75, 3.05) is 28.6 Å². The Labute approximate surface area is 208 Å². The monoisotopic (exact) mass is 488 g/mol. The van der Waals surface area contributed by atoms with Crippen LogP contribution in [-0.2, 0) is 0 Å². The van der Waals surface area contributed by atoms with Crippen LogP contribution in [0.5, 0.6) is 0 Å². The third kappa shape index (κ3) is 6.37. The van der Waals surface area contributed by atoms with Crippen molar-refractivity contribution in [2.24, 2.45) is 5.84 Å². The number of nitrogens with zero attached hydrogens (tertiary/aromatic N) is 3. The summed E-state index contributed by atoms with van der Waals surface area (Å²) in [6, 6.07) is 16.9. The number of carbonyl (C=O) groups is 1. The maximum Gasteiger partial charge on any atom is 0.255 e. The molecule has 0 unspecified atom stereocenters. The largest absolute Gasteiger partial charge is 0.356 e. The first-order valence-corrected chi connectivity index (χ1v) is 12.0. The van der Waals surface area contributed by atoms with Crippen LogP contribution < -0.4 is 26.8 Å². The Morgan fingerprint density at radius 1 is 1.11 bits per heavy atom. The summed E-state index contributed by atoms with van der Waals surface area (Å²) in [4.78, 5) is 25.0. The highest BCUT2D eigenvalue weighted by Crippen LogP contribution is 2.30. The number of amides is 1. The van der Waals surface area contributed by atoms with Gasteiger partial charge in [0.25, 0.3) is 5.91 Å². The molecule has 1 amide bonds. The summed E-state index contributed by atoms with van der Waals surface area (Å²) in [6.45, 7) is 5.59. The number of benzene rings is 2. The van der Waals surface area contributed by atoms with Crippen LogP contribution in [0.15, 0.2) is 76.4 Å². The maximum absolute atomic E-state index is 12.6. The number of hydrazine groups is 1. The third-order valence-electron chi connectivity index (χ3n) is 5.43. The molecule has 6 N–H and O–H groups in total. The lowest BCUT2D eigenvalue weighted by molar-refractivity contribution is 0.102. The fourth-order valence-electron chi connectivity index (χ4n) is 3.40. The summed E-state index contributed by atoms with van der Waals surface area (Å²) >= 11 is 1.42. The second-order valence-electron chi connectivity index (χ2n) is 8.14. The molecular formula is C25H28N8OS. The van der Waals surface area contributed by atoms with E-state index < -0.39 is 0 Å². The number of nitrogens with two attached hydrogens (primary N) is 1. The zero-order chi connectivity index (χ0) is 24.8. The van der Waals surface area contributed by atoms with E-state index in [1.807, 2.05) is 61.5 Å². The van der Waals surface area contributed by atoms with Crippen molar-refractivity contribution < 1.29 is 4.79 Å². The molecule has 1 fully saturated rings. The molecule has 1 saturated heterocycles. The average Bonchev–Trinajstić information content (AvgIpc) is 2.79. The van der Waals surface area contributed by atoms with Gasteiger partial charge in [0.05, 0.1) is 0 Å². The van der Waals surface area contributed by atoms with Gasteiger partial charge in [-0.3, -0.25) is 16.0 Å². The van der Waals surface area contributed by atoms with Gasteiger partial charge in [-0.25, -0.2) is 9.97 Å². The summed E-state index contributed by atoms with van der Waals surface area (Å²) in [7, 11) is 0. The van der Waals surface area contributed by atoms with Crippen molar-refractivity contribution in [2.45, 2.75) is 30.3 Å². The smallest absolute Gasteiger partial charge is 0.255 e. The summed E-state index contributed by atoms with van der Waals surface area (Å²) in [5.41, 5.74) is 5.46. The van der Waals surface area contributed by atoms with Crippen molar-refractivity contribution >= 4 is 40.8 Å². The van der Waals surface area contributed by atoms with Crippen LogP contribution in [0.4, 0.5) is 17.3 Å². The van der Waals surface area contributed by atoms with Gasteiger partial charge < -0.3 is 21.0 Å². The van der Waals surface area contributed by atoms with E-state index in [0.717, 1.165) is 35.8 Å². The molecule has 0 aliphatic carbocycles. The minimum absolute atomic E-state index is 0.138. The Morgan fingerprint density at radius 3 is 2.51 bits per heavy atom. The zero-order valence-electron chi connectivity index (χ0n) is 19.6. The summed E-state index contributed by atoms with van der Waals surface area (Å²) in [5.74, 6) is 6.78. The van der Waals surface area contributed by atoms with Gasteiger partial charge >= 0.3 is 0 Å². The van der Waals surface area contributed by atoms with E-state index in [1.54, 1.807) is 13.0 Å². The maximum atomic E-state index is 12.6. The molecule has 0 bridgehead atoms. The first-order valence-electron chi connectivity index (χ1n) is 11.2. The van der Waals surface area contributed by atoms with Gasteiger partial charge in [-0.15, -0.1) is 0 Å². The molecule has 0 atom stereocenters. The lowest BCUT2D eigenvalue weighted by Crippen LogP contribution is -2.37. The van der Waals surface area contributed by atoms with Gasteiger partial charge in [0.1, 0.15) is 17.5 Å². The van der Waals surface area contributed by atoms with E-state index in [1.165, 1.54) is 11.8 Å². The Kier molecular flexibility index (Phi) is 7.64. The van der Waals surface area contributed by atoms with Gasteiger partial charge in [0, 0.05) is 47.1 Å². The second kappa shape index (κ2) is 11.0. The number of carbonyl (C=O) groups excluding carboxylic acids is 1. The van der Waals surface area contributed by atoms with E-state index in [4.69, 9.17) is 16.2 Å². The van der Waals surface area contributed by atoms with Crippen LogP contribution in [0, 0.1) is 12.3 Å². The predicted octanol–water partition coefficient (Wildman–Crippen LogP) is 4.15. The van der Waals surface area contributed by atoms with Crippen molar-refractivity contribution in [3.05, 3.63) is 77.5 Å². The molecule has 2 aromatic carbocycles. The Hall–Kier alpha value is -3.89. The molecule has 1 aliphatic heterocycles. The molecular weight excluding hydrogens is 460 g/mol. The highest BCUT2D eigenvalue weighted by molar-refractivity contribution is 7.99. The van der Waals surface area contributed by atoms with Gasteiger partial charge in [-0.1, -0.05) is 18.2 Å². The zero-order valence-corrected chi connectivity index (χ0v) is 20.4. The quantitative estimate of drug-likeness (QED) is 0.105. The van der Waals surface area contributed by atoms with Crippen molar-refractivity contribution in [3.8, 4) is 0 Å². The highest BCUT2D eigenvalue weighted by Gasteiger charge is 2.18. The second-order valence-corrected chi connectivity index (χ2v) is 9.18. The summed E-state index contributed by atoms with van der Waals surface area (Å²) in [6.07, 6.45) is 2.72. The first-order chi connectivity index (χ1) is 16.9. The van der Waals surface area contributed by atoms with Crippen LogP contribution in [0.25, 0.3) is 0 Å². The molecule has 0 radical (unpaired) electrons. The number of anilines is 3. The molecule has 1 aromatic heterocycles. The Balaban J connectivity index is 1.48. The predicted molar refractivity (Wildman–Crippen MR) is 141 cm³/mol. The van der Waals surface area contributed by atoms with E-state index in [-0.39, 0.29) is 11.7 Å². The van der Waals surface area contributed by atoms with Crippen LogP contribution in [0.2, 0.25) is 0 Å². The van der Waals surface area contributed by atoms with Crippen LogP contribution in [-0.4, -0.2) is 34.8 Å². The van der Waals surface area contributed by atoms with Crippen molar-refractivity contribution in [3.63, 3.8) is 0 Å². The lowest BCUT2D eigenvalue weighted by atomic mass is 10.1. The molecule has 0 saturated carbocycles. The Bertz CT molecular complexity index is 1250. The first kappa shape index (κ1) is 24.2. The number of amidine groups is 1. The molecule has 1 aliphatic rings. The minimum Gasteiger partial charge on any atom is -0.356 e. The Morgan fingerprint density at radius 2 is 1.86 bits per heavy atom. The van der Waals surface area contributed by atoms with Gasteiger partial charge in [0.15, 0.2) is 5.16 Å². The summed E-state index contributed by atoms with van der Waals surface area (Å²) in [5, 5.41) is 14.7. The van der Waals surface area contributed by atoms with Crippen LogP contribution in [0.1, 0.15) is 29.3 Å². The van der Waals surface area contributed by atoms with Crippen molar-refractivity contribution in [1.82, 2.24) is 15.4 Å². The lowest BCUT2D eigenvalue weighted by Gasteiger charge is -2.32. The number of aryl methyl sites for hydroxylation is 1. The molecule has 9 nitrogen and oxygen atoms in total. The molecule has 0 spiro atoms. The highest BCUT2D eigenvalue weighted by atomic mass is 32.2. The molecule has 180 valence electrons. The fourth-order valence-corrected chi connectivity index (χ4v) is 4.17. The number of aromatic nitrogens is 2. The minimum atomic E-state index is -0.138. The number of hydrogen-bond acceptors (Lipinski definition) is 8. The number of nitrogens with one attached hydrogen (secondary N) is 4. The topological polar surface area (TPSA) is 132 Å². The molecule has 35 heavy (non-hydrogen) atoms. The summed E-state index contributed by atoms with van der Waals surface area (Å²) < 4.78 is 0. The van der Waals surface area contributed by atoms with Crippen molar-refractivity contribution in [1.29, 1.82) is 5.41 Å². The number of hydrogen-bond donors (Lipinski definition) is 5. The molecule has 4 rings (SSSR count).